The highest BCUT2D eigenvalue weighted by molar-refractivity contribution is 5.80. The van der Waals surface area contributed by atoms with E-state index in [9.17, 15) is 34.8 Å². The van der Waals surface area contributed by atoms with Gasteiger partial charge < -0.3 is 41.3 Å². The summed E-state index contributed by atoms with van der Waals surface area (Å²) in [6.45, 7) is 50.8. The van der Waals surface area contributed by atoms with Gasteiger partial charge in [-0.05, 0) is 161 Å². The molecule has 0 spiro atoms. The predicted octanol–water partition coefficient (Wildman–Crippen LogP) is 16.2. The molecular formula is C77H120N4O8. The third kappa shape index (κ3) is 22.1. The highest BCUT2D eigenvalue weighted by Crippen LogP contribution is 2.44. The van der Waals surface area contributed by atoms with Crippen molar-refractivity contribution in [1.29, 1.82) is 0 Å². The van der Waals surface area contributed by atoms with Crippen molar-refractivity contribution >= 4 is 23.6 Å². The number of aromatic hydroxyl groups is 4. The van der Waals surface area contributed by atoms with E-state index in [1.54, 1.807) is 4.90 Å². The monoisotopic (exact) mass is 1230 g/mol. The van der Waals surface area contributed by atoms with E-state index in [0.29, 0.717) is 82.4 Å². The molecule has 0 fully saturated rings. The molecule has 1 atom stereocenters. The molecule has 89 heavy (non-hydrogen) atoms. The van der Waals surface area contributed by atoms with Crippen LogP contribution in [0.15, 0.2) is 48.5 Å². The fourth-order valence-electron chi connectivity index (χ4n) is 11.6. The van der Waals surface area contributed by atoms with Gasteiger partial charge in [-0.2, -0.15) is 0 Å². The van der Waals surface area contributed by atoms with E-state index in [4.69, 9.17) is 0 Å². The van der Waals surface area contributed by atoms with Gasteiger partial charge >= 0.3 is 0 Å². The van der Waals surface area contributed by atoms with Gasteiger partial charge in [-0.15, -0.1) is 0 Å². The van der Waals surface area contributed by atoms with Crippen molar-refractivity contribution in [3.8, 4) is 23.0 Å². The molecule has 7 N–H and O–H groups in total. The van der Waals surface area contributed by atoms with Gasteiger partial charge in [0.15, 0.2) is 0 Å². The minimum Gasteiger partial charge on any atom is -0.507 e. The van der Waals surface area contributed by atoms with Crippen molar-refractivity contribution in [2.75, 3.05) is 19.6 Å². The SMILES string of the molecule is CC(C)(C)c1cc(CCC(=O)NCCCCCC(NC(=O)CCc2cc(C(C)(C)C)c(O)c(C(C)(C)C)c2)N(CCCNC(=O)CCc2cc(C(C)(C)C)c(O)c(C(C)(C)C)c2)C(=O)CCc2cc(C(C)(C)C)c(O)c(C(C)(C)C)c2)cc(C(C)(C)C)c1O. The van der Waals surface area contributed by atoms with E-state index in [-0.39, 0.29) is 104 Å². The molecule has 4 rings (SSSR count). The lowest BCUT2D eigenvalue weighted by Crippen LogP contribution is -2.51. The third-order valence-corrected chi connectivity index (χ3v) is 17.1. The first kappa shape index (κ1) is 75.4. The van der Waals surface area contributed by atoms with Crippen molar-refractivity contribution in [2.24, 2.45) is 0 Å². The molecule has 4 amide bonds. The highest BCUT2D eigenvalue weighted by Gasteiger charge is 2.32. The molecule has 0 aliphatic rings. The molecule has 0 saturated carbocycles. The van der Waals surface area contributed by atoms with E-state index in [0.717, 1.165) is 73.2 Å². The van der Waals surface area contributed by atoms with Crippen molar-refractivity contribution in [1.82, 2.24) is 20.9 Å². The Morgan fingerprint density at radius 2 is 0.596 bits per heavy atom. The standard InChI is InChI=1S/C77H120N4O8/c1-70(2,3)53-41-49(42-54(66(53)86)71(4,5)6)30-34-62(82)78-38-27-25-26-29-61(80-64(84)36-32-51-45-57(74(13,14)15)68(88)58(46-51)75(16,17)18)81(65(85)37-33-52-47-59(76(19,20)21)69(89)60(48-52)77(22,23)24)40-28-39-79-63(83)35-31-50-43-55(72(7,8)9)67(87)56(44-50)73(10,11)12/h41-48,61,86-89H,25-40H2,1-24H3,(H,78,82)(H,79,83)(H,80,84). The molecule has 1 unspecified atom stereocenters. The lowest BCUT2D eigenvalue weighted by Gasteiger charge is -2.33. The summed E-state index contributed by atoms with van der Waals surface area (Å²) in [6.07, 6.45) is 4.92. The number of nitrogens with one attached hydrogen (secondary N) is 3. The van der Waals surface area contributed by atoms with Crippen LogP contribution in [0.3, 0.4) is 0 Å². The number of phenols is 4. The zero-order valence-electron chi connectivity index (χ0n) is 59.9. The van der Waals surface area contributed by atoms with E-state index in [1.807, 2.05) is 48.5 Å². The number of hydrogen-bond acceptors (Lipinski definition) is 8. The summed E-state index contributed by atoms with van der Waals surface area (Å²) < 4.78 is 0. The maximum atomic E-state index is 15.1. The van der Waals surface area contributed by atoms with Crippen LogP contribution in [0, 0.1) is 0 Å². The van der Waals surface area contributed by atoms with Crippen molar-refractivity contribution < 1.29 is 39.6 Å². The van der Waals surface area contributed by atoms with E-state index < -0.39 is 6.17 Å². The number of amides is 4. The number of hydrogen-bond donors (Lipinski definition) is 7. The summed E-state index contributed by atoms with van der Waals surface area (Å²) in [5.74, 6) is 0.632. The first-order chi connectivity index (χ1) is 40.5. The second kappa shape index (κ2) is 29.5. The Bertz CT molecular complexity index is 2950. The molecule has 0 radical (unpaired) electrons. The van der Waals surface area contributed by atoms with Crippen molar-refractivity contribution in [3.63, 3.8) is 0 Å². The Labute approximate surface area is 538 Å². The third-order valence-electron chi connectivity index (χ3n) is 17.1. The summed E-state index contributed by atoms with van der Waals surface area (Å²) in [5.41, 5.74) is 7.98. The molecule has 12 nitrogen and oxygen atoms in total. The topological polar surface area (TPSA) is 189 Å². The van der Waals surface area contributed by atoms with Crippen LogP contribution in [0.4, 0.5) is 0 Å². The van der Waals surface area contributed by atoms with Crippen LogP contribution >= 0.6 is 0 Å². The summed E-state index contributed by atoms with van der Waals surface area (Å²) >= 11 is 0. The van der Waals surface area contributed by atoms with E-state index in [2.05, 4.69) is 182 Å². The number of unbranched alkanes of at least 4 members (excludes halogenated alkanes) is 2. The van der Waals surface area contributed by atoms with Gasteiger partial charge in [0.2, 0.25) is 23.6 Å². The quantitative estimate of drug-likeness (QED) is 0.0267. The van der Waals surface area contributed by atoms with Crippen LogP contribution in [-0.2, 0) is 88.2 Å². The van der Waals surface area contributed by atoms with Crippen molar-refractivity contribution in [2.45, 2.75) is 299 Å². The van der Waals surface area contributed by atoms with Crippen LogP contribution in [0.2, 0.25) is 0 Å². The largest absolute Gasteiger partial charge is 0.507 e. The zero-order valence-corrected chi connectivity index (χ0v) is 59.9. The van der Waals surface area contributed by atoms with E-state index >= 15 is 4.79 Å². The number of aryl methyl sites for hydroxylation is 4. The van der Waals surface area contributed by atoms with Crippen LogP contribution in [0.25, 0.3) is 0 Å². The van der Waals surface area contributed by atoms with Gasteiger partial charge in [0.1, 0.15) is 29.2 Å². The van der Waals surface area contributed by atoms with Gasteiger partial charge in [0, 0.05) is 45.3 Å². The summed E-state index contributed by atoms with van der Waals surface area (Å²) in [6, 6.07) is 16.1. The highest BCUT2D eigenvalue weighted by atomic mass is 16.3. The molecule has 0 aliphatic carbocycles. The summed E-state index contributed by atoms with van der Waals surface area (Å²) in [7, 11) is 0. The Kier molecular flexibility index (Phi) is 25.0. The van der Waals surface area contributed by atoms with Crippen LogP contribution < -0.4 is 16.0 Å². The smallest absolute Gasteiger partial charge is 0.224 e. The van der Waals surface area contributed by atoms with Crippen LogP contribution in [0.5, 0.6) is 23.0 Å². The average molecular weight is 1230 g/mol. The van der Waals surface area contributed by atoms with Gasteiger partial charge in [-0.3, -0.25) is 19.2 Å². The molecule has 0 aromatic heterocycles. The zero-order chi connectivity index (χ0) is 67.8. The van der Waals surface area contributed by atoms with E-state index in [1.165, 1.54) is 0 Å². The molecule has 0 heterocycles. The number of nitrogens with zero attached hydrogens (tertiary/aromatic N) is 1. The number of carbonyl (C=O) groups excluding carboxylic acids is 4. The molecule has 0 bridgehead atoms. The van der Waals surface area contributed by atoms with Crippen molar-refractivity contribution in [3.05, 3.63) is 115 Å². The lowest BCUT2D eigenvalue weighted by atomic mass is 9.78. The van der Waals surface area contributed by atoms with Gasteiger partial charge in [0.05, 0.1) is 0 Å². The minimum absolute atomic E-state index is 0.0536. The van der Waals surface area contributed by atoms with Gasteiger partial charge in [-0.25, -0.2) is 0 Å². The van der Waals surface area contributed by atoms with Gasteiger partial charge in [0.25, 0.3) is 0 Å². The molecule has 0 saturated heterocycles. The fraction of sp³-hybridized carbons (Fsp3) is 0.636. The Balaban J connectivity index is 1.64. The molecule has 4 aromatic rings. The Hall–Kier alpha value is -6.04. The minimum atomic E-state index is -0.685. The number of benzene rings is 4. The maximum absolute atomic E-state index is 15.1. The second-order valence-electron chi connectivity index (χ2n) is 33.7. The summed E-state index contributed by atoms with van der Waals surface area (Å²) in [4.78, 5) is 58.4. The first-order valence-corrected chi connectivity index (χ1v) is 33.1. The van der Waals surface area contributed by atoms with Gasteiger partial charge in [-0.1, -0.05) is 221 Å². The predicted molar refractivity (Wildman–Crippen MR) is 368 cm³/mol. The van der Waals surface area contributed by atoms with Crippen LogP contribution in [0.1, 0.15) is 291 Å². The summed E-state index contributed by atoms with van der Waals surface area (Å²) in [5, 5.41) is 55.2. The average Bonchev–Trinajstić information content (AvgIpc) is 0.862. The Morgan fingerprint density at radius 1 is 0.348 bits per heavy atom. The molecule has 12 heteroatoms. The number of rotatable bonds is 24. The molecule has 4 aromatic carbocycles. The molecule has 0 aliphatic heterocycles. The molecular weight excluding hydrogens is 1110 g/mol. The second-order valence-corrected chi connectivity index (χ2v) is 33.7. The number of phenolic OH excluding ortho intramolecular Hbond substituents is 4. The Morgan fingerprint density at radius 3 is 0.865 bits per heavy atom. The fourth-order valence-corrected chi connectivity index (χ4v) is 11.6. The number of carbonyl (C=O) groups is 4. The van der Waals surface area contributed by atoms with Crippen LogP contribution in [-0.4, -0.2) is 74.8 Å². The normalized spacial score (nSPS) is 13.3. The molecule has 496 valence electrons. The maximum Gasteiger partial charge on any atom is 0.224 e. The lowest BCUT2D eigenvalue weighted by molar-refractivity contribution is -0.136. The first-order valence-electron chi connectivity index (χ1n) is 33.1.